The highest BCUT2D eigenvalue weighted by molar-refractivity contribution is 6.30. The second-order valence-corrected chi connectivity index (χ2v) is 3.73. The second kappa shape index (κ2) is 3.85. The van der Waals surface area contributed by atoms with Gasteiger partial charge in [0.25, 0.3) is 0 Å². The molecule has 1 fully saturated rings. The van der Waals surface area contributed by atoms with Crippen molar-refractivity contribution in [3.63, 3.8) is 0 Å². The lowest BCUT2D eigenvalue weighted by molar-refractivity contribution is 0.298. The molecule has 72 valence electrons. The molecule has 0 radical (unpaired) electrons. The highest BCUT2D eigenvalue weighted by atomic mass is 35.5. The van der Waals surface area contributed by atoms with Crippen molar-refractivity contribution in [2.24, 2.45) is 5.92 Å². The molecule has 2 rings (SSSR count). The average Bonchev–Trinajstić information content (AvgIpc) is 3.00. The number of aromatic nitrogens is 1. The molecule has 1 aromatic rings. The maximum Gasteiger partial charge on any atom is 0.147 e. The molecule has 0 saturated heterocycles. The lowest BCUT2D eigenvalue weighted by atomic mass is 10.3. The van der Waals surface area contributed by atoms with Crippen LogP contribution in [-0.4, -0.2) is 11.6 Å². The molecule has 0 amide bonds. The minimum Gasteiger partial charge on any atom is -0.492 e. The summed E-state index contributed by atoms with van der Waals surface area (Å²) >= 11 is 5.68. The predicted octanol–water partition coefficient (Wildman–Crippen LogP) is 2.40. The van der Waals surface area contributed by atoms with Gasteiger partial charge in [0.05, 0.1) is 18.4 Å². The number of pyridine rings is 1. The number of hydrogen-bond acceptors (Lipinski definition) is 3. The lowest BCUT2D eigenvalue weighted by Crippen LogP contribution is -1.99. The normalized spacial score (nSPS) is 14.9. The molecule has 0 unspecified atom stereocenters. The van der Waals surface area contributed by atoms with Crippen LogP contribution in [0.25, 0.3) is 0 Å². The van der Waals surface area contributed by atoms with Gasteiger partial charge in [-0.25, -0.2) is 4.98 Å². The van der Waals surface area contributed by atoms with Crippen molar-refractivity contribution < 1.29 is 4.74 Å². The van der Waals surface area contributed by atoms with Gasteiger partial charge in [0.1, 0.15) is 17.0 Å². The summed E-state index contributed by atoms with van der Waals surface area (Å²) in [5.74, 6) is 1.31. The predicted molar refractivity (Wildman–Crippen MR) is 52.2 cm³/mol. The van der Waals surface area contributed by atoms with Crippen LogP contribution in [0.2, 0.25) is 5.15 Å². The van der Waals surface area contributed by atoms with Crippen molar-refractivity contribution in [1.29, 1.82) is 5.26 Å². The zero-order chi connectivity index (χ0) is 9.97. The van der Waals surface area contributed by atoms with Gasteiger partial charge in [-0.2, -0.15) is 5.26 Å². The van der Waals surface area contributed by atoms with E-state index < -0.39 is 0 Å². The molecule has 0 bridgehead atoms. The minimum atomic E-state index is 0.228. The number of nitrogens with zero attached hydrogens (tertiary/aromatic N) is 2. The summed E-state index contributed by atoms with van der Waals surface area (Å²) < 4.78 is 5.46. The van der Waals surface area contributed by atoms with Gasteiger partial charge < -0.3 is 4.74 Å². The van der Waals surface area contributed by atoms with Crippen LogP contribution >= 0.6 is 11.6 Å². The van der Waals surface area contributed by atoms with E-state index in [1.165, 1.54) is 12.8 Å². The molecule has 0 spiro atoms. The Labute approximate surface area is 87.3 Å². The Balaban J connectivity index is 2.06. The van der Waals surface area contributed by atoms with Crippen LogP contribution in [0.3, 0.4) is 0 Å². The highest BCUT2D eigenvalue weighted by Gasteiger charge is 2.22. The molecule has 0 N–H and O–H groups in total. The van der Waals surface area contributed by atoms with E-state index in [-0.39, 0.29) is 5.15 Å². The van der Waals surface area contributed by atoms with Crippen molar-refractivity contribution in [2.45, 2.75) is 12.8 Å². The third kappa shape index (κ3) is 2.15. The van der Waals surface area contributed by atoms with E-state index in [4.69, 9.17) is 21.6 Å². The number of nitriles is 1. The standard InChI is InChI=1S/C10H9ClN2O/c11-10-8(4-12)3-9(5-13-10)14-6-7-1-2-7/h3,5,7H,1-2,6H2. The molecule has 0 atom stereocenters. The molecule has 3 nitrogen and oxygen atoms in total. The van der Waals surface area contributed by atoms with Gasteiger partial charge in [0.2, 0.25) is 0 Å². The van der Waals surface area contributed by atoms with Gasteiger partial charge >= 0.3 is 0 Å². The van der Waals surface area contributed by atoms with Crippen LogP contribution in [0.5, 0.6) is 5.75 Å². The molecule has 1 aliphatic carbocycles. The summed E-state index contributed by atoms with van der Waals surface area (Å²) in [7, 11) is 0. The van der Waals surface area contributed by atoms with Crippen molar-refractivity contribution in [3.05, 3.63) is 23.0 Å². The Hall–Kier alpha value is -1.27. The van der Waals surface area contributed by atoms with Crippen molar-refractivity contribution in [2.75, 3.05) is 6.61 Å². The minimum absolute atomic E-state index is 0.228. The molecule has 4 heteroatoms. The zero-order valence-corrected chi connectivity index (χ0v) is 8.29. The van der Waals surface area contributed by atoms with Crippen LogP contribution in [0.15, 0.2) is 12.3 Å². The van der Waals surface area contributed by atoms with E-state index >= 15 is 0 Å². The largest absolute Gasteiger partial charge is 0.492 e. The number of hydrogen-bond donors (Lipinski definition) is 0. The van der Waals surface area contributed by atoms with E-state index in [1.807, 2.05) is 6.07 Å². The molecule has 1 heterocycles. The fourth-order valence-corrected chi connectivity index (χ4v) is 1.23. The van der Waals surface area contributed by atoms with E-state index in [0.29, 0.717) is 23.8 Å². The molecule has 1 saturated carbocycles. The lowest BCUT2D eigenvalue weighted by Gasteiger charge is -2.04. The maximum absolute atomic E-state index is 8.70. The van der Waals surface area contributed by atoms with Crippen molar-refractivity contribution in [1.82, 2.24) is 4.98 Å². The topological polar surface area (TPSA) is 45.9 Å². The van der Waals surface area contributed by atoms with Crippen molar-refractivity contribution >= 4 is 11.6 Å². The van der Waals surface area contributed by atoms with Crippen LogP contribution in [0.4, 0.5) is 0 Å². The van der Waals surface area contributed by atoms with E-state index in [2.05, 4.69) is 4.98 Å². The van der Waals surface area contributed by atoms with Gasteiger partial charge in [0.15, 0.2) is 0 Å². The zero-order valence-electron chi connectivity index (χ0n) is 7.53. The van der Waals surface area contributed by atoms with Crippen molar-refractivity contribution in [3.8, 4) is 11.8 Å². The fraction of sp³-hybridized carbons (Fsp3) is 0.400. The first-order chi connectivity index (χ1) is 6.79. The molecular formula is C10H9ClN2O. The van der Waals surface area contributed by atoms with E-state index in [9.17, 15) is 0 Å². The monoisotopic (exact) mass is 208 g/mol. The first-order valence-electron chi connectivity index (χ1n) is 4.48. The van der Waals surface area contributed by atoms with Crippen LogP contribution in [-0.2, 0) is 0 Å². The summed E-state index contributed by atoms with van der Waals surface area (Å²) in [5, 5.41) is 8.93. The van der Waals surface area contributed by atoms with Gasteiger partial charge in [-0.05, 0) is 18.8 Å². The highest BCUT2D eigenvalue weighted by Crippen LogP contribution is 2.29. The first-order valence-corrected chi connectivity index (χ1v) is 4.86. The third-order valence-electron chi connectivity index (χ3n) is 2.12. The van der Waals surface area contributed by atoms with Gasteiger partial charge in [0, 0.05) is 6.07 Å². The molecule has 0 aliphatic heterocycles. The Morgan fingerprint density at radius 3 is 3.07 bits per heavy atom. The second-order valence-electron chi connectivity index (χ2n) is 3.38. The van der Waals surface area contributed by atoms with E-state index in [0.717, 1.165) is 0 Å². The third-order valence-corrected chi connectivity index (χ3v) is 2.42. The molecule has 1 aliphatic rings. The summed E-state index contributed by atoms with van der Waals surface area (Å²) in [5.41, 5.74) is 0.361. The average molecular weight is 209 g/mol. The van der Waals surface area contributed by atoms with Gasteiger partial charge in [-0.3, -0.25) is 0 Å². The summed E-state index contributed by atoms with van der Waals surface area (Å²) in [6.45, 7) is 0.716. The number of ether oxygens (including phenoxy) is 1. The number of rotatable bonds is 3. The van der Waals surface area contributed by atoms with Crippen LogP contribution < -0.4 is 4.74 Å². The SMILES string of the molecule is N#Cc1cc(OCC2CC2)cnc1Cl. The fourth-order valence-electron chi connectivity index (χ4n) is 1.08. The Kier molecular flexibility index (Phi) is 2.55. The summed E-state index contributed by atoms with van der Waals surface area (Å²) in [4.78, 5) is 3.87. The Morgan fingerprint density at radius 2 is 2.43 bits per heavy atom. The first kappa shape index (κ1) is 9.29. The van der Waals surface area contributed by atoms with Crippen LogP contribution in [0, 0.1) is 17.2 Å². The summed E-state index contributed by atoms with van der Waals surface area (Å²) in [6, 6.07) is 3.59. The molecular weight excluding hydrogens is 200 g/mol. The molecule has 1 aromatic heterocycles. The quantitative estimate of drug-likeness (QED) is 0.717. The Morgan fingerprint density at radius 1 is 1.64 bits per heavy atom. The van der Waals surface area contributed by atoms with Gasteiger partial charge in [-0.15, -0.1) is 0 Å². The van der Waals surface area contributed by atoms with Crippen LogP contribution in [0.1, 0.15) is 18.4 Å². The smallest absolute Gasteiger partial charge is 0.147 e. The molecule has 14 heavy (non-hydrogen) atoms. The van der Waals surface area contributed by atoms with Gasteiger partial charge in [-0.1, -0.05) is 11.6 Å². The summed E-state index contributed by atoms with van der Waals surface area (Å²) in [6.07, 6.45) is 4.03. The van der Waals surface area contributed by atoms with E-state index in [1.54, 1.807) is 12.3 Å². The maximum atomic E-state index is 8.70. The Bertz CT molecular complexity index is 382. The number of halogens is 1. The molecule has 0 aromatic carbocycles.